The van der Waals surface area contributed by atoms with Gasteiger partial charge in [0.2, 0.25) is 0 Å². The lowest BCUT2D eigenvalue weighted by atomic mass is 9.89. The monoisotopic (exact) mass is 388 g/mol. The second-order valence-corrected chi connectivity index (χ2v) is 6.68. The molecule has 1 unspecified atom stereocenters. The molecule has 1 atom stereocenters. The number of carbonyl (C=O) groups excluding carboxylic acids is 2. The summed E-state index contributed by atoms with van der Waals surface area (Å²) in [6.45, 7) is 2.11. The van der Waals surface area contributed by atoms with Gasteiger partial charge < -0.3 is 9.47 Å². The summed E-state index contributed by atoms with van der Waals surface area (Å²) in [5, 5.41) is 0. The summed E-state index contributed by atoms with van der Waals surface area (Å²) in [6, 6.07) is 26.2. The highest BCUT2D eigenvalue weighted by atomic mass is 16.5. The molecule has 0 saturated heterocycles. The number of ether oxygens (including phenoxy) is 2. The van der Waals surface area contributed by atoms with Crippen molar-refractivity contribution < 1.29 is 19.1 Å². The van der Waals surface area contributed by atoms with E-state index in [4.69, 9.17) is 9.47 Å². The highest BCUT2D eigenvalue weighted by molar-refractivity contribution is 5.97. The van der Waals surface area contributed by atoms with E-state index < -0.39 is 0 Å². The average molecular weight is 388 g/mol. The SMILES string of the molecule is CCOC(=O)CC(CC(=O)c1ccc(Oc2ccccc2)cc1)c1ccccc1. The summed E-state index contributed by atoms with van der Waals surface area (Å²) in [7, 11) is 0. The molecule has 0 aliphatic heterocycles. The third-order valence-electron chi connectivity index (χ3n) is 4.58. The molecule has 0 amide bonds. The number of ketones is 1. The van der Waals surface area contributed by atoms with E-state index in [0.29, 0.717) is 17.9 Å². The van der Waals surface area contributed by atoms with Gasteiger partial charge in [0, 0.05) is 17.9 Å². The fraction of sp³-hybridized carbons (Fsp3) is 0.200. The van der Waals surface area contributed by atoms with Crippen LogP contribution in [0.1, 0.15) is 41.6 Å². The third-order valence-corrected chi connectivity index (χ3v) is 4.58. The summed E-state index contributed by atoms with van der Waals surface area (Å²) < 4.78 is 10.9. The maximum absolute atomic E-state index is 12.8. The number of hydrogen-bond donors (Lipinski definition) is 0. The van der Waals surface area contributed by atoms with Crippen molar-refractivity contribution in [1.82, 2.24) is 0 Å². The van der Waals surface area contributed by atoms with E-state index in [1.54, 1.807) is 31.2 Å². The maximum Gasteiger partial charge on any atom is 0.306 e. The van der Waals surface area contributed by atoms with Gasteiger partial charge in [-0.05, 0) is 48.9 Å². The second kappa shape index (κ2) is 10.2. The Morgan fingerprint density at radius 3 is 1.97 bits per heavy atom. The number of Topliss-reactive ketones (excluding diaryl/α,β-unsaturated/α-hetero) is 1. The van der Waals surface area contributed by atoms with Crippen LogP contribution in [0.2, 0.25) is 0 Å². The quantitative estimate of drug-likeness (QED) is 0.344. The molecule has 0 fully saturated rings. The normalized spacial score (nSPS) is 11.5. The molecule has 3 rings (SSSR count). The molecule has 0 N–H and O–H groups in total. The maximum atomic E-state index is 12.8. The van der Waals surface area contributed by atoms with Gasteiger partial charge in [-0.15, -0.1) is 0 Å². The Morgan fingerprint density at radius 2 is 1.34 bits per heavy atom. The van der Waals surface area contributed by atoms with Crippen LogP contribution in [0.5, 0.6) is 11.5 Å². The fourth-order valence-corrected chi connectivity index (χ4v) is 3.13. The van der Waals surface area contributed by atoms with Crippen LogP contribution in [0, 0.1) is 0 Å². The topological polar surface area (TPSA) is 52.6 Å². The first-order valence-corrected chi connectivity index (χ1v) is 9.72. The number of rotatable bonds is 9. The van der Waals surface area contributed by atoms with Gasteiger partial charge in [-0.25, -0.2) is 0 Å². The highest BCUT2D eigenvalue weighted by Crippen LogP contribution is 2.27. The molecule has 29 heavy (non-hydrogen) atoms. The molecule has 4 heteroatoms. The zero-order valence-corrected chi connectivity index (χ0v) is 16.4. The minimum absolute atomic E-state index is 0.0191. The van der Waals surface area contributed by atoms with E-state index in [9.17, 15) is 9.59 Å². The van der Waals surface area contributed by atoms with Gasteiger partial charge in [0.25, 0.3) is 0 Å². The smallest absolute Gasteiger partial charge is 0.306 e. The average Bonchev–Trinajstić information content (AvgIpc) is 2.75. The molecular weight excluding hydrogens is 364 g/mol. The van der Waals surface area contributed by atoms with Crippen LogP contribution in [0.4, 0.5) is 0 Å². The summed E-state index contributed by atoms with van der Waals surface area (Å²) in [4.78, 5) is 24.9. The minimum Gasteiger partial charge on any atom is -0.466 e. The standard InChI is InChI=1S/C25H24O4/c1-2-28-25(27)18-21(19-9-5-3-6-10-19)17-24(26)20-13-15-23(16-14-20)29-22-11-7-4-8-12-22/h3-16,21H,2,17-18H2,1H3. The van der Waals surface area contributed by atoms with Crippen molar-refractivity contribution in [2.45, 2.75) is 25.7 Å². The molecule has 0 saturated carbocycles. The molecule has 0 spiro atoms. The third kappa shape index (κ3) is 6.04. The van der Waals surface area contributed by atoms with Crippen LogP contribution < -0.4 is 4.74 Å². The van der Waals surface area contributed by atoms with Crippen molar-refractivity contribution in [3.63, 3.8) is 0 Å². The summed E-state index contributed by atoms with van der Waals surface area (Å²) in [6.07, 6.45) is 0.417. The van der Waals surface area contributed by atoms with Crippen LogP contribution >= 0.6 is 0 Å². The zero-order valence-electron chi connectivity index (χ0n) is 16.4. The molecule has 0 aromatic heterocycles. The summed E-state index contributed by atoms with van der Waals surface area (Å²) in [5.74, 6) is 0.877. The van der Waals surface area contributed by atoms with Crippen LogP contribution in [0.25, 0.3) is 0 Å². The van der Waals surface area contributed by atoms with Gasteiger partial charge >= 0.3 is 5.97 Å². The Balaban J connectivity index is 1.69. The van der Waals surface area contributed by atoms with Crippen molar-refractivity contribution in [2.75, 3.05) is 6.61 Å². The first-order valence-electron chi connectivity index (χ1n) is 9.72. The van der Waals surface area contributed by atoms with Crippen LogP contribution in [0.15, 0.2) is 84.9 Å². The molecule has 0 aliphatic rings. The van der Waals surface area contributed by atoms with Crippen LogP contribution in [-0.2, 0) is 9.53 Å². The first kappa shape index (κ1) is 20.3. The first-order chi connectivity index (χ1) is 14.2. The van der Waals surface area contributed by atoms with Gasteiger partial charge in [-0.3, -0.25) is 9.59 Å². The number of para-hydroxylation sites is 1. The Kier molecular flexibility index (Phi) is 7.17. The Hall–Kier alpha value is -3.40. The summed E-state index contributed by atoms with van der Waals surface area (Å²) >= 11 is 0. The molecule has 0 aliphatic carbocycles. The minimum atomic E-state index is -0.291. The lowest BCUT2D eigenvalue weighted by Gasteiger charge is -2.16. The van der Waals surface area contributed by atoms with E-state index in [1.807, 2.05) is 60.7 Å². The van der Waals surface area contributed by atoms with Gasteiger partial charge in [-0.1, -0.05) is 48.5 Å². The predicted molar refractivity (Wildman–Crippen MR) is 112 cm³/mol. The molecule has 0 radical (unpaired) electrons. The van der Waals surface area contributed by atoms with Crippen molar-refractivity contribution in [1.29, 1.82) is 0 Å². The molecule has 148 valence electrons. The Labute approximate surface area is 171 Å². The number of hydrogen-bond acceptors (Lipinski definition) is 4. The van der Waals surface area contributed by atoms with Crippen molar-refractivity contribution >= 4 is 11.8 Å². The molecule has 3 aromatic carbocycles. The lowest BCUT2D eigenvalue weighted by molar-refractivity contribution is -0.143. The highest BCUT2D eigenvalue weighted by Gasteiger charge is 2.21. The van der Waals surface area contributed by atoms with E-state index in [-0.39, 0.29) is 30.5 Å². The lowest BCUT2D eigenvalue weighted by Crippen LogP contribution is -2.14. The van der Waals surface area contributed by atoms with E-state index in [1.165, 1.54) is 0 Å². The van der Waals surface area contributed by atoms with E-state index in [0.717, 1.165) is 11.3 Å². The molecule has 0 bridgehead atoms. The van der Waals surface area contributed by atoms with E-state index >= 15 is 0 Å². The van der Waals surface area contributed by atoms with Crippen molar-refractivity contribution in [3.8, 4) is 11.5 Å². The predicted octanol–water partition coefficient (Wildman–Crippen LogP) is 5.79. The second-order valence-electron chi connectivity index (χ2n) is 6.68. The molecule has 0 heterocycles. The van der Waals surface area contributed by atoms with Crippen molar-refractivity contribution in [3.05, 3.63) is 96.1 Å². The molecular formula is C25H24O4. The Morgan fingerprint density at radius 1 is 0.759 bits per heavy atom. The van der Waals surface area contributed by atoms with Gasteiger partial charge in [-0.2, -0.15) is 0 Å². The number of esters is 1. The zero-order chi connectivity index (χ0) is 20.5. The van der Waals surface area contributed by atoms with Gasteiger partial charge in [0.15, 0.2) is 5.78 Å². The van der Waals surface area contributed by atoms with Crippen LogP contribution in [-0.4, -0.2) is 18.4 Å². The van der Waals surface area contributed by atoms with Crippen LogP contribution in [0.3, 0.4) is 0 Å². The fourth-order valence-electron chi connectivity index (χ4n) is 3.13. The number of carbonyl (C=O) groups is 2. The summed E-state index contributed by atoms with van der Waals surface area (Å²) in [5.41, 5.74) is 1.55. The van der Waals surface area contributed by atoms with E-state index in [2.05, 4.69) is 0 Å². The number of benzene rings is 3. The largest absolute Gasteiger partial charge is 0.466 e. The molecule has 4 nitrogen and oxygen atoms in total. The van der Waals surface area contributed by atoms with Gasteiger partial charge in [0.05, 0.1) is 13.0 Å². The molecule has 3 aromatic rings. The van der Waals surface area contributed by atoms with Crippen molar-refractivity contribution in [2.24, 2.45) is 0 Å². The Bertz CT molecular complexity index is 918. The van der Waals surface area contributed by atoms with Gasteiger partial charge in [0.1, 0.15) is 11.5 Å².